The Labute approximate surface area is 158 Å². The molecule has 2 amide bonds. The van der Waals surface area contributed by atoms with Crippen LogP contribution in [0.1, 0.15) is 49.7 Å². The second kappa shape index (κ2) is 6.95. The third-order valence-corrected chi connectivity index (χ3v) is 5.10. The number of rotatable bonds is 2. The molecule has 0 aliphatic carbocycles. The molecule has 1 aromatic carbocycles. The van der Waals surface area contributed by atoms with E-state index in [0.29, 0.717) is 29.5 Å². The fourth-order valence-electron chi connectivity index (χ4n) is 3.36. The first-order valence-corrected chi connectivity index (χ1v) is 9.33. The lowest BCUT2D eigenvalue weighted by molar-refractivity contribution is -0.140. The first kappa shape index (κ1) is 18.8. The van der Waals surface area contributed by atoms with Crippen LogP contribution in [0.5, 0.6) is 0 Å². The molecule has 0 radical (unpaired) electrons. The molecule has 6 heteroatoms. The number of carbonyl (C=O) groups is 2. The van der Waals surface area contributed by atoms with Gasteiger partial charge in [0.2, 0.25) is 5.91 Å². The molecule has 1 N–H and O–H groups in total. The van der Waals surface area contributed by atoms with Crippen molar-refractivity contribution < 1.29 is 14.0 Å². The van der Waals surface area contributed by atoms with Crippen LogP contribution >= 0.6 is 11.6 Å². The highest BCUT2D eigenvalue weighted by Crippen LogP contribution is 2.28. The lowest BCUT2D eigenvalue weighted by atomic mass is 9.93. The van der Waals surface area contributed by atoms with Gasteiger partial charge < -0.3 is 14.6 Å². The zero-order valence-corrected chi connectivity index (χ0v) is 16.4. The van der Waals surface area contributed by atoms with Gasteiger partial charge in [0, 0.05) is 40.5 Å². The molecule has 3 rings (SSSR count). The van der Waals surface area contributed by atoms with E-state index in [4.69, 9.17) is 16.0 Å². The minimum atomic E-state index is -0.372. The molecule has 26 heavy (non-hydrogen) atoms. The number of benzene rings is 1. The summed E-state index contributed by atoms with van der Waals surface area (Å²) >= 11 is 6.03. The van der Waals surface area contributed by atoms with Gasteiger partial charge in [-0.2, -0.15) is 0 Å². The molecular weight excluding hydrogens is 352 g/mol. The summed E-state index contributed by atoms with van der Waals surface area (Å²) in [5.41, 5.74) is 1.07. The number of hydrogen-bond acceptors (Lipinski definition) is 3. The van der Waals surface area contributed by atoms with E-state index < -0.39 is 0 Å². The molecule has 1 aromatic heterocycles. The smallest absolute Gasteiger partial charge is 0.287 e. The number of hydrogen-bond donors (Lipinski definition) is 1. The van der Waals surface area contributed by atoms with Crippen LogP contribution in [0.4, 0.5) is 0 Å². The summed E-state index contributed by atoms with van der Waals surface area (Å²) in [5, 5.41) is 4.52. The molecule has 1 aliphatic rings. The Bertz CT molecular complexity index is 843. The summed E-state index contributed by atoms with van der Waals surface area (Å²) in [6.07, 6.45) is 1.50. The molecule has 0 atom stereocenters. The number of aryl methyl sites for hydroxylation is 1. The summed E-state index contributed by atoms with van der Waals surface area (Å²) in [4.78, 5) is 26.9. The van der Waals surface area contributed by atoms with Gasteiger partial charge in [0.1, 0.15) is 5.58 Å². The van der Waals surface area contributed by atoms with Crippen molar-refractivity contribution in [2.45, 2.75) is 46.6 Å². The summed E-state index contributed by atoms with van der Waals surface area (Å²) in [6.45, 7) is 8.98. The van der Waals surface area contributed by atoms with Crippen LogP contribution in [-0.2, 0) is 4.79 Å². The second-order valence-corrected chi connectivity index (χ2v) is 8.42. The molecule has 0 saturated carbocycles. The van der Waals surface area contributed by atoms with Gasteiger partial charge in [0.05, 0.1) is 0 Å². The van der Waals surface area contributed by atoms with Gasteiger partial charge in [0.15, 0.2) is 5.76 Å². The third kappa shape index (κ3) is 3.73. The highest BCUT2D eigenvalue weighted by molar-refractivity contribution is 6.31. The van der Waals surface area contributed by atoms with Crippen molar-refractivity contribution in [3.8, 4) is 0 Å². The fraction of sp³-hybridized carbons (Fsp3) is 0.500. The maximum Gasteiger partial charge on any atom is 0.287 e. The van der Waals surface area contributed by atoms with Crippen molar-refractivity contribution in [2.75, 3.05) is 13.1 Å². The van der Waals surface area contributed by atoms with Crippen LogP contribution in [0.15, 0.2) is 22.6 Å². The Morgan fingerprint density at radius 3 is 2.50 bits per heavy atom. The maximum absolute atomic E-state index is 12.6. The molecule has 0 unspecified atom stereocenters. The van der Waals surface area contributed by atoms with Crippen molar-refractivity contribution in [1.29, 1.82) is 0 Å². The van der Waals surface area contributed by atoms with Gasteiger partial charge in [-0.3, -0.25) is 9.59 Å². The highest BCUT2D eigenvalue weighted by Gasteiger charge is 2.31. The molecule has 5 nitrogen and oxygen atoms in total. The molecule has 140 valence electrons. The van der Waals surface area contributed by atoms with Crippen LogP contribution in [0.3, 0.4) is 0 Å². The fourth-order valence-corrected chi connectivity index (χ4v) is 3.53. The lowest BCUT2D eigenvalue weighted by Crippen LogP contribution is -2.49. The molecule has 1 fully saturated rings. The number of nitrogens with one attached hydrogen (secondary N) is 1. The van der Waals surface area contributed by atoms with Crippen LogP contribution in [-0.4, -0.2) is 35.8 Å². The molecule has 1 aliphatic heterocycles. The molecule has 2 heterocycles. The van der Waals surface area contributed by atoms with E-state index in [0.717, 1.165) is 23.8 Å². The van der Waals surface area contributed by atoms with Crippen molar-refractivity contribution in [1.82, 2.24) is 10.2 Å². The van der Waals surface area contributed by atoms with Gasteiger partial charge in [-0.1, -0.05) is 32.4 Å². The lowest BCUT2D eigenvalue weighted by Gasteiger charge is -2.35. The zero-order chi connectivity index (χ0) is 19.1. The Kier molecular flexibility index (Phi) is 5.02. The van der Waals surface area contributed by atoms with E-state index >= 15 is 0 Å². The van der Waals surface area contributed by atoms with Crippen molar-refractivity contribution in [3.63, 3.8) is 0 Å². The SMILES string of the molecule is Cc1c(C(=O)NC2CCN(C(=O)C(C)(C)C)CC2)oc2ccc(Cl)cc12. The number of likely N-dealkylation sites (tertiary alicyclic amines) is 1. The molecule has 2 aromatic rings. The normalized spacial score (nSPS) is 16.1. The maximum atomic E-state index is 12.6. The van der Waals surface area contributed by atoms with Crippen molar-refractivity contribution in [2.24, 2.45) is 5.41 Å². The quantitative estimate of drug-likeness (QED) is 0.855. The molecule has 0 spiro atoms. The number of nitrogens with zero attached hydrogens (tertiary/aromatic N) is 1. The zero-order valence-electron chi connectivity index (χ0n) is 15.7. The number of amides is 2. The number of furan rings is 1. The highest BCUT2D eigenvalue weighted by atomic mass is 35.5. The van der Waals surface area contributed by atoms with Gasteiger partial charge >= 0.3 is 0 Å². The number of fused-ring (bicyclic) bond motifs is 1. The average Bonchev–Trinajstić information content (AvgIpc) is 2.91. The Hall–Kier alpha value is -2.01. The first-order chi connectivity index (χ1) is 12.2. The minimum absolute atomic E-state index is 0.0442. The van der Waals surface area contributed by atoms with Crippen molar-refractivity contribution in [3.05, 3.63) is 34.5 Å². The van der Waals surface area contributed by atoms with Gasteiger partial charge in [0.25, 0.3) is 5.91 Å². The van der Waals surface area contributed by atoms with E-state index in [-0.39, 0.29) is 23.3 Å². The van der Waals surface area contributed by atoms with E-state index in [2.05, 4.69) is 5.32 Å². The summed E-state index contributed by atoms with van der Waals surface area (Å²) in [6, 6.07) is 5.38. The number of carbonyl (C=O) groups excluding carboxylic acids is 2. The van der Waals surface area contributed by atoms with Crippen LogP contribution in [0.25, 0.3) is 11.0 Å². The van der Waals surface area contributed by atoms with E-state index in [1.54, 1.807) is 12.1 Å². The van der Waals surface area contributed by atoms with E-state index in [1.807, 2.05) is 38.7 Å². The Morgan fingerprint density at radius 2 is 1.88 bits per heavy atom. The van der Waals surface area contributed by atoms with Gasteiger partial charge in [-0.15, -0.1) is 0 Å². The van der Waals surface area contributed by atoms with Crippen LogP contribution in [0, 0.1) is 12.3 Å². The summed E-state index contributed by atoms with van der Waals surface area (Å²) < 4.78 is 5.73. The Balaban J connectivity index is 1.65. The predicted molar refractivity (Wildman–Crippen MR) is 102 cm³/mol. The van der Waals surface area contributed by atoms with E-state index in [9.17, 15) is 9.59 Å². The molecular formula is C20H25ClN2O3. The Morgan fingerprint density at radius 1 is 1.23 bits per heavy atom. The van der Waals surface area contributed by atoms with Gasteiger partial charge in [-0.25, -0.2) is 0 Å². The van der Waals surface area contributed by atoms with E-state index in [1.165, 1.54) is 0 Å². The topological polar surface area (TPSA) is 62.6 Å². The van der Waals surface area contributed by atoms with Crippen LogP contribution < -0.4 is 5.32 Å². The van der Waals surface area contributed by atoms with Crippen molar-refractivity contribution >= 4 is 34.4 Å². The minimum Gasteiger partial charge on any atom is -0.451 e. The first-order valence-electron chi connectivity index (χ1n) is 8.95. The number of piperidine rings is 1. The predicted octanol–water partition coefficient (Wildman–Crippen LogP) is 4.16. The van der Waals surface area contributed by atoms with Gasteiger partial charge in [-0.05, 0) is 38.0 Å². The number of halogens is 1. The summed E-state index contributed by atoms with van der Waals surface area (Å²) in [7, 11) is 0. The average molecular weight is 377 g/mol. The molecule has 1 saturated heterocycles. The summed E-state index contributed by atoms with van der Waals surface area (Å²) in [5.74, 6) is 0.276. The third-order valence-electron chi connectivity index (χ3n) is 4.86. The second-order valence-electron chi connectivity index (χ2n) is 7.99. The standard InChI is InChI=1S/C20H25ClN2O3/c1-12-15-11-13(21)5-6-16(15)26-17(12)18(24)22-14-7-9-23(10-8-14)19(25)20(2,3)4/h5-6,11,14H,7-10H2,1-4H3,(H,22,24). The monoisotopic (exact) mass is 376 g/mol. The van der Waals surface area contributed by atoms with Crippen LogP contribution in [0.2, 0.25) is 5.02 Å². The largest absolute Gasteiger partial charge is 0.451 e. The molecule has 0 bridgehead atoms.